The van der Waals surface area contributed by atoms with Crippen molar-refractivity contribution in [2.45, 2.75) is 26.3 Å². The van der Waals surface area contributed by atoms with Crippen molar-refractivity contribution >= 4 is 17.6 Å². The standard InChI is InChI=1S/C17H25ClN2O3/c1-12(19-8-9-20-17(2,3)4)11-23-15-7-6-13(18)10-14(15)16(21)22-5/h6-7,10,19-20H,1,8-9,11H2,2-5H3. The van der Waals surface area contributed by atoms with Crippen molar-refractivity contribution in [1.82, 2.24) is 10.6 Å². The van der Waals surface area contributed by atoms with Gasteiger partial charge in [-0.3, -0.25) is 0 Å². The molecule has 0 aliphatic carbocycles. The van der Waals surface area contributed by atoms with Gasteiger partial charge in [0.1, 0.15) is 17.9 Å². The van der Waals surface area contributed by atoms with Crippen LogP contribution >= 0.6 is 11.6 Å². The lowest BCUT2D eigenvalue weighted by molar-refractivity contribution is 0.0596. The summed E-state index contributed by atoms with van der Waals surface area (Å²) in [5.74, 6) is -0.0764. The minimum atomic E-state index is -0.490. The van der Waals surface area contributed by atoms with Gasteiger partial charge in [0, 0.05) is 29.3 Å². The van der Waals surface area contributed by atoms with E-state index in [1.165, 1.54) is 13.2 Å². The molecule has 23 heavy (non-hydrogen) atoms. The summed E-state index contributed by atoms with van der Waals surface area (Å²) in [6, 6.07) is 4.82. The Bertz CT molecular complexity index is 553. The van der Waals surface area contributed by atoms with E-state index in [1.54, 1.807) is 12.1 Å². The zero-order valence-corrected chi connectivity index (χ0v) is 14.9. The fraction of sp³-hybridized carbons (Fsp3) is 0.471. The fourth-order valence-corrected chi connectivity index (χ4v) is 1.96. The van der Waals surface area contributed by atoms with E-state index in [0.717, 1.165) is 18.8 Å². The van der Waals surface area contributed by atoms with E-state index in [1.807, 2.05) is 0 Å². The number of carbonyl (C=O) groups excluding carboxylic acids is 1. The SMILES string of the molecule is C=C(COc1ccc(Cl)cc1C(=O)OC)NCCNC(C)(C)C. The number of methoxy groups -OCH3 is 1. The molecule has 0 spiro atoms. The van der Waals surface area contributed by atoms with E-state index in [-0.39, 0.29) is 12.1 Å². The van der Waals surface area contributed by atoms with Crippen molar-refractivity contribution in [3.8, 4) is 5.75 Å². The van der Waals surface area contributed by atoms with Crippen molar-refractivity contribution in [3.05, 3.63) is 41.1 Å². The van der Waals surface area contributed by atoms with Crippen LogP contribution in [-0.4, -0.2) is 38.3 Å². The molecule has 0 fully saturated rings. The number of benzene rings is 1. The molecule has 1 aromatic carbocycles. The molecule has 0 aliphatic heterocycles. The molecule has 0 saturated carbocycles. The van der Waals surface area contributed by atoms with Crippen molar-refractivity contribution in [1.29, 1.82) is 0 Å². The number of nitrogens with one attached hydrogen (secondary N) is 2. The predicted molar refractivity (Wildman–Crippen MR) is 93.2 cm³/mol. The van der Waals surface area contributed by atoms with E-state index < -0.39 is 5.97 Å². The molecule has 0 aliphatic rings. The highest BCUT2D eigenvalue weighted by Gasteiger charge is 2.14. The topological polar surface area (TPSA) is 59.6 Å². The van der Waals surface area contributed by atoms with Gasteiger partial charge in [-0.25, -0.2) is 4.79 Å². The molecule has 0 radical (unpaired) electrons. The van der Waals surface area contributed by atoms with Crippen LogP contribution in [0.1, 0.15) is 31.1 Å². The Kier molecular flexibility index (Phi) is 7.39. The van der Waals surface area contributed by atoms with Crippen LogP contribution < -0.4 is 15.4 Å². The van der Waals surface area contributed by atoms with Gasteiger partial charge in [-0.15, -0.1) is 0 Å². The zero-order valence-electron chi connectivity index (χ0n) is 14.2. The monoisotopic (exact) mass is 340 g/mol. The van der Waals surface area contributed by atoms with Crippen molar-refractivity contribution < 1.29 is 14.3 Å². The summed E-state index contributed by atoms with van der Waals surface area (Å²) in [5, 5.41) is 6.99. The highest BCUT2D eigenvalue weighted by Crippen LogP contribution is 2.23. The lowest BCUT2D eigenvalue weighted by atomic mass is 10.1. The molecule has 128 valence electrons. The molecule has 0 aromatic heterocycles. The largest absolute Gasteiger partial charge is 0.487 e. The van der Waals surface area contributed by atoms with Gasteiger partial charge in [-0.1, -0.05) is 18.2 Å². The summed E-state index contributed by atoms with van der Waals surface area (Å²) < 4.78 is 10.4. The van der Waals surface area contributed by atoms with Crippen LogP contribution in [0.3, 0.4) is 0 Å². The normalized spacial score (nSPS) is 11.0. The number of halogens is 1. The Morgan fingerprint density at radius 2 is 2.00 bits per heavy atom. The number of ether oxygens (including phenoxy) is 2. The van der Waals surface area contributed by atoms with Gasteiger partial charge in [0.25, 0.3) is 0 Å². The Morgan fingerprint density at radius 1 is 1.30 bits per heavy atom. The first kappa shape index (κ1) is 19.3. The summed E-state index contributed by atoms with van der Waals surface area (Å²) in [6.45, 7) is 12.1. The van der Waals surface area contributed by atoms with Crippen LogP contribution in [0.2, 0.25) is 5.02 Å². The van der Waals surface area contributed by atoms with Crippen molar-refractivity contribution in [2.75, 3.05) is 26.8 Å². The van der Waals surface area contributed by atoms with E-state index >= 15 is 0 Å². The van der Waals surface area contributed by atoms with Gasteiger partial charge in [0.2, 0.25) is 0 Å². The maximum absolute atomic E-state index is 11.7. The summed E-state index contributed by atoms with van der Waals surface area (Å²) in [5.41, 5.74) is 1.10. The minimum Gasteiger partial charge on any atom is -0.487 e. The molecule has 6 heteroatoms. The first-order valence-electron chi connectivity index (χ1n) is 7.40. The molecule has 5 nitrogen and oxygen atoms in total. The van der Waals surface area contributed by atoms with Crippen LogP contribution in [0.5, 0.6) is 5.75 Å². The number of esters is 1. The second-order valence-corrected chi connectivity index (χ2v) is 6.56. The maximum atomic E-state index is 11.7. The minimum absolute atomic E-state index is 0.0816. The quantitative estimate of drug-likeness (QED) is 0.562. The Balaban J connectivity index is 2.48. The third-order valence-corrected chi connectivity index (χ3v) is 3.14. The second-order valence-electron chi connectivity index (χ2n) is 6.13. The lowest BCUT2D eigenvalue weighted by Crippen LogP contribution is -2.40. The van der Waals surface area contributed by atoms with Crippen LogP contribution in [0.15, 0.2) is 30.5 Å². The molecule has 0 heterocycles. The van der Waals surface area contributed by atoms with E-state index in [2.05, 4.69) is 38.0 Å². The number of carbonyl (C=O) groups is 1. The van der Waals surface area contributed by atoms with E-state index in [0.29, 0.717) is 16.3 Å². The molecule has 0 unspecified atom stereocenters. The predicted octanol–water partition coefficient (Wildman–Crippen LogP) is 3.00. The molecular formula is C17H25ClN2O3. The highest BCUT2D eigenvalue weighted by atomic mass is 35.5. The second kappa shape index (κ2) is 8.79. The number of rotatable bonds is 8. The number of hydrogen-bond acceptors (Lipinski definition) is 5. The summed E-state index contributed by atoms with van der Waals surface area (Å²) in [4.78, 5) is 11.7. The molecule has 0 bridgehead atoms. The Hall–Kier alpha value is -1.72. The molecule has 0 atom stereocenters. The fourth-order valence-electron chi connectivity index (χ4n) is 1.79. The van der Waals surface area contributed by atoms with Gasteiger partial charge < -0.3 is 20.1 Å². The number of hydrogen-bond donors (Lipinski definition) is 2. The lowest BCUT2D eigenvalue weighted by Gasteiger charge is -2.21. The average molecular weight is 341 g/mol. The first-order chi connectivity index (χ1) is 10.7. The van der Waals surface area contributed by atoms with Gasteiger partial charge in [-0.2, -0.15) is 0 Å². The van der Waals surface area contributed by atoms with E-state index in [9.17, 15) is 4.79 Å². The average Bonchev–Trinajstić information content (AvgIpc) is 2.48. The third kappa shape index (κ3) is 7.39. The highest BCUT2D eigenvalue weighted by molar-refractivity contribution is 6.31. The molecule has 1 aromatic rings. The third-order valence-electron chi connectivity index (χ3n) is 2.90. The van der Waals surface area contributed by atoms with Gasteiger partial charge in [0.15, 0.2) is 0 Å². The Labute approximate surface area is 143 Å². The van der Waals surface area contributed by atoms with Gasteiger partial charge in [-0.05, 0) is 39.0 Å². The van der Waals surface area contributed by atoms with Crippen LogP contribution in [0, 0.1) is 0 Å². The van der Waals surface area contributed by atoms with Crippen LogP contribution in [0.4, 0.5) is 0 Å². The summed E-state index contributed by atoms with van der Waals surface area (Å²) >= 11 is 5.90. The summed E-state index contributed by atoms with van der Waals surface area (Å²) in [6.07, 6.45) is 0. The maximum Gasteiger partial charge on any atom is 0.341 e. The van der Waals surface area contributed by atoms with Crippen LogP contribution in [-0.2, 0) is 4.74 Å². The smallest absolute Gasteiger partial charge is 0.341 e. The molecule has 0 saturated heterocycles. The molecular weight excluding hydrogens is 316 g/mol. The van der Waals surface area contributed by atoms with Gasteiger partial charge >= 0.3 is 5.97 Å². The Morgan fingerprint density at radius 3 is 2.61 bits per heavy atom. The molecule has 1 rings (SSSR count). The van der Waals surface area contributed by atoms with Crippen LogP contribution in [0.25, 0.3) is 0 Å². The van der Waals surface area contributed by atoms with E-state index in [4.69, 9.17) is 21.1 Å². The zero-order chi connectivity index (χ0) is 17.5. The summed E-state index contributed by atoms with van der Waals surface area (Å²) in [7, 11) is 1.32. The van der Waals surface area contributed by atoms with Gasteiger partial charge in [0.05, 0.1) is 7.11 Å². The van der Waals surface area contributed by atoms with Crippen molar-refractivity contribution in [2.24, 2.45) is 0 Å². The molecule has 2 N–H and O–H groups in total. The molecule has 0 amide bonds. The first-order valence-corrected chi connectivity index (χ1v) is 7.78. The van der Waals surface area contributed by atoms with Crippen molar-refractivity contribution in [3.63, 3.8) is 0 Å².